The molecule has 1 aromatic carbocycles. The van der Waals surface area contributed by atoms with Crippen molar-refractivity contribution < 1.29 is 19.1 Å². The van der Waals surface area contributed by atoms with Gasteiger partial charge in [-0.05, 0) is 35.9 Å². The van der Waals surface area contributed by atoms with Gasteiger partial charge in [0.1, 0.15) is 11.6 Å². The van der Waals surface area contributed by atoms with Crippen LogP contribution >= 0.6 is 0 Å². The van der Waals surface area contributed by atoms with Gasteiger partial charge in [-0.3, -0.25) is 4.79 Å². The molecule has 2 aromatic rings. The Morgan fingerprint density at radius 3 is 2.85 bits per heavy atom. The summed E-state index contributed by atoms with van der Waals surface area (Å²) in [5.74, 6) is -0.143. The molecule has 20 heavy (non-hydrogen) atoms. The van der Waals surface area contributed by atoms with Crippen LogP contribution < -0.4 is 4.74 Å². The Balaban J connectivity index is 2.37. The van der Waals surface area contributed by atoms with E-state index in [-0.39, 0.29) is 22.8 Å². The predicted octanol–water partition coefficient (Wildman–Crippen LogP) is 2.78. The van der Waals surface area contributed by atoms with Gasteiger partial charge >= 0.3 is 0 Å². The third-order valence-corrected chi connectivity index (χ3v) is 2.62. The van der Waals surface area contributed by atoms with Gasteiger partial charge in [-0.15, -0.1) is 0 Å². The van der Waals surface area contributed by atoms with E-state index in [1.54, 1.807) is 12.1 Å². The number of aromatic hydroxyl groups is 1. The Morgan fingerprint density at radius 2 is 2.25 bits per heavy atom. The molecule has 0 spiro atoms. The highest BCUT2D eigenvalue weighted by atomic mass is 16.5. The van der Waals surface area contributed by atoms with Gasteiger partial charge in [0.25, 0.3) is 0 Å². The van der Waals surface area contributed by atoms with E-state index in [4.69, 9.17) is 14.4 Å². The second kappa shape index (κ2) is 5.76. The molecule has 0 aliphatic heterocycles. The van der Waals surface area contributed by atoms with E-state index >= 15 is 0 Å². The van der Waals surface area contributed by atoms with Crippen molar-refractivity contribution in [2.45, 2.75) is 0 Å². The molecule has 0 saturated carbocycles. The smallest absolute Gasteiger partial charge is 0.238 e. The number of carbonyl (C=O) groups is 1. The number of phenols is 1. The molecule has 1 N–H and O–H groups in total. The topological polar surface area (TPSA) is 83.5 Å². The minimum Gasteiger partial charge on any atom is -0.504 e. The average Bonchev–Trinajstić information content (AvgIpc) is 2.99. The van der Waals surface area contributed by atoms with Crippen LogP contribution in [0.3, 0.4) is 0 Å². The first-order chi connectivity index (χ1) is 9.65. The molecule has 0 unspecified atom stereocenters. The lowest BCUT2D eigenvalue weighted by Crippen LogP contribution is -2.00. The fourth-order valence-corrected chi connectivity index (χ4v) is 1.64. The number of benzene rings is 1. The Bertz CT molecular complexity index is 693. The van der Waals surface area contributed by atoms with Gasteiger partial charge in [0.2, 0.25) is 5.78 Å². The highest BCUT2D eigenvalue weighted by molar-refractivity contribution is 6.12. The molecule has 2 rings (SSSR count). The predicted molar refractivity (Wildman–Crippen MR) is 71.3 cm³/mol. The van der Waals surface area contributed by atoms with Gasteiger partial charge < -0.3 is 14.3 Å². The maximum absolute atomic E-state index is 12.0. The highest BCUT2D eigenvalue weighted by Crippen LogP contribution is 2.27. The van der Waals surface area contributed by atoms with Gasteiger partial charge in [0.15, 0.2) is 17.3 Å². The molecule has 0 aliphatic carbocycles. The first-order valence-electron chi connectivity index (χ1n) is 5.72. The molecule has 0 radical (unpaired) electrons. The summed E-state index contributed by atoms with van der Waals surface area (Å²) in [4.78, 5) is 12.0. The summed E-state index contributed by atoms with van der Waals surface area (Å²) in [6.07, 6.45) is 2.78. The Hall–Kier alpha value is -3.00. The largest absolute Gasteiger partial charge is 0.504 e. The number of phenolic OH excluding ortho intramolecular Hbond substituents is 1. The first-order valence-corrected chi connectivity index (χ1v) is 5.72. The van der Waals surface area contributed by atoms with Gasteiger partial charge in [0.05, 0.1) is 13.4 Å². The van der Waals surface area contributed by atoms with Crippen LogP contribution in [0.1, 0.15) is 16.1 Å². The molecule has 1 heterocycles. The standard InChI is InChI=1S/C15H11NO4/c1-19-14-8-10(4-5-12(14)17)7-11(9-16)15(18)13-3-2-6-20-13/h2-8,17H,1H3. The maximum atomic E-state index is 12.0. The van der Waals surface area contributed by atoms with Crippen LogP contribution in [0.5, 0.6) is 11.5 Å². The van der Waals surface area contributed by atoms with E-state index in [9.17, 15) is 9.90 Å². The van der Waals surface area contributed by atoms with E-state index in [1.807, 2.05) is 6.07 Å². The molecular formula is C15H11NO4. The molecule has 0 atom stereocenters. The molecule has 5 heteroatoms. The zero-order chi connectivity index (χ0) is 14.5. The third-order valence-electron chi connectivity index (χ3n) is 2.62. The second-order valence-corrected chi connectivity index (χ2v) is 3.91. The summed E-state index contributed by atoms with van der Waals surface area (Å²) in [6.45, 7) is 0. The number of hydrogen-bond acceptors (Lipinski definition) is 5. The van der Waals surface area contributed by atoms with E-state index in [0.717, 1.165) is 0 Å². The molecule has 1 aromatic heterocycles. The summed E-state index contributed by atoms with van der Waals surface area (Å²) in [7, 11) is 1.42. The minimum atomic E-state index is -0.496. The van der Waals surface area contributed by atoms with Crippen LogP contribution in [0.4, 0.5) is 0 Å². The van der Waals surface area contributed by atoms with Crippen molar-refractivity contribution in [2.24, 2.45) is 0 Å². The summed E-state index contributed by atoms with van der Waals surface area (Å²) < 4.78 is 9.94. The van der Waals surface area contributed by atoms with Crippen LogP contribution in [0, 0.1) is 11.3 Å². The molecule has 0 fully saturated rings. The molecule has 5 nitrogen and oxygen atoms in total. The second-order valence-electron chi connectivity index (χ2n) is 3.91. The van der Waals surface area contributed by atoms with Gasteiger partial charge in [0, 0.05) is 0 Å². The lowest BCUT2D eigenvalue weighted by Gasteiger charge is -2.04. The van der Waals surface area contributed by atoms with Crippen LogP contribution in [-0.2, 0) is 0 Å². The highest BCUT2D eigenvalue weighted by Gasteiger charge is 2.15. The summed E-state index contributed by atoms with van der Waals surface area (Å²) >= 11 is 0. The number of Topliss-reactive ketones (excluding diaryl/α,β-unsaturated/α-hetero) is 1. The lowest BCUT2D eigenvalue weighted by atomic mass is 10.1. The fourth-order valence-electron chi connectivity index (χ4n) is 1.64. The van der Waals surface area contributed by atoms with Crippen molar-refractivity contribution >= 4 is 11.9 Å². The molecule has 100 valence electrons. The van der Waals surface area contributed by atoms with Crippen molar-refractivity contribution in [2.75, 3.05) is 7.11 Å². The number of nitrogens with zero attached hydrogens (tertiary/aromatic N) is 1. The van der Waals surface area contributed by atoms with E-state index in [2.05, 4.69) is 0 Å². The maximum Gasteiger partial charge on any atom is 0.238 e. The van der Waals surface area contributed by atoms with Crippen LogP contribution in [0.2, 0.25) is 0 Å². The number of carbonyl (C=O) groups excluding carboxylic acids is 1. The number of hydrogen-bond donors (Lipinski definition) is 1. The Labute approximate surface area is 115 Å². The zero-order valence-electron chi connectivity index (χ0n) is 10.7. The summed E-state index contributed by atoms with van der Waals surface area (Å²) in [5, 5.41) is 18.6. The minimum absolute atomic E-state index is 0.0134. The number of furan rings is 1. The molecule has 0 saturated heterocycles. The van der Waals surface area contributed by atoms with Crippen LogP contribution in [-0.4, -0.2) is 18.0 Å². The lowest BCUT2D eigenvalue weighted by molar-refractivity contribution is 0.101. The zero-order valence-corrected chi connectivity index (χ0v) is 10.7. The number of nitriles is 1. The van der Waals surface area contributed by atoms with Gasteiger partial charge in [-0.25, -0.2) is 0 Å². The third kappa shape index (κ3) is 2.70. The number of allylic oxidation sites excluding steroid dienone is 1. The summed E-state index contributed by atoms with van der Waals surface area (Å²) in [5.41, 5.74) is 0.504. The SMILES string of the molecule is COc1cc(C=C(C#N)C(=O)c2ccco2)ccc1O. The first kappa shape index (κ1) is 13.4. The fraction of sp³-hybridized carbons (Fsp3) is 0.0667. The number of rotatable bonds is 4. The van der Waals surface area contributed by atoms with Crippen molar-refractivity contribution in [1.82, 2.24) is 0 Å². The molecular weight excluding hydrogens is 258 g/mol. The van der Waals surface area contributed by atoms with Crippen LogP contribution in [0.15, 0.2) is 46.6 Å². The number of ether oxygens (including phenoxy) is 1. The van der Waals surface area contributed by atoms with E-state index < -0.39 is 5.78 Å². The Morgan fingerprint density at radius 1 is 1.45 bits per heavy atom. The van der Waals surface area contributed by atoms with Gasteiger partial charge in [-0.2, -0.15) is 5.26 Å². The van der Waals surface area contributed by atoms with Crippen molar-refractivity contribution in [3.63, 3.8) is 0 Å². The van der Waals surface area contributed by atoms with Gasteiger partial charge in [-0.1, -0.05) is 6.07 Å². The quantitative estimate of drug-likeness (QED) is 0.524. The molecule has 0 aliphatic rings. The monoisotopic (exact) mass is 269 g/mol. The van der Waals surface area contributed by atoms with E-state index in [0.29, 0.717) is 5.56 Å². The Kier molecular flexibility index (Phi) is 3.87. The molecule has 0 bridgehead atoms. The normalized spacial score (nSPS) is 10.9. The number of ketones is 1. The van der Waals surface area contributed by atoms with Crippen molar-refractivity contribution in [1.29, 1.82) is 5.26 Å². The van der Waals surface area contributed by atoms with Crippen molar-refractivity contribution in [3.8, 4) is 17.6 Å². The van der Waals surface area contributed by atoms with Crippen LogP contribution in [0.25, 0.3) is 6.08 Å². The number of methoxy groups -OCH3 is 1. The average molecular weight is 269 g/mol. The van der Waals surface area contributed by atoms with E-state index in [1.165, 1.54) is 37.6 Å². The molecule has 0 amide bonds. The van der Waals surface area contributed by atoms with Crippen molar-refractivity contribution in [3.05, 3.63) is 53.5 Å². The summed E-state index contributed by atoms with van der Waals surface area (Å²) in [6, 6.07) is 9.44.